The molecule has 0 amide bonds. The Morgan fingerprint density at radius 2 is 1.52 bits per heavy atom. The van der Waals surface area contributed by atoms with Gasteiger partial charge in [0.1, 0.15) is 0 Å². The number of hydrogen-bond acceptors (Lipinski definition) is 1. The van der Waals surface area contributed by atoms with Crippen molar-refractivity contribution in [2.24, 2.45) is 0 Å². The normalized spacial score (nSPS) is 16.6. The Kier molecular flexibility index (Phi) is 10.7. The number of benzene rings is 2. The van der Waals surface area contributed by atoms with Crippen LogP contribution in [0.5, 0.6) is 0 Å². The number of rotatable bonds is 5. The fourth-order valence-corrected chi connectivity index (χ4v) is 6.56. The summed E-state index contributed by atoms with van der Waals surface area (Å²) in [6.45, 7) is 3.57. The summed E-state index contributed by atoms with van der Waals surface area (Å²) in [6, 6.07) is 19.9. The van der Waals surface area contributed by atoms with Gasteiger partial charge in [0.05, 0.1) is 0 Å². The second-order valence-electron chi connectivity index (χ2n) is 6.55. The molecule has 0 aromatic heterocycles. The van der Waals surface area contributed by atoms with Gasteiger partial charge in [-0.2, -0.15) is 0 Å². The van der Waals surface area contributed by atoms with Crippen molar-refractivity contribution < 1.29 is 56.4 Å². The van der Waals surface area contributed by atoms with Crippen molar-refractivity contribution >= 4 is 6.08 Å². The van der Waals surface area contributed by atoms with Gasteiger partial charge in [-0.05, 0) is 0 Å². The third kappa shape index (κ3) is 5.86. The molecule has 0 fully saturated rings. The molecule has 2 unspecified atom stereocenters. The number of halogens is 3. The first-order chi connectivity index (χ1) is 10.6. The van der Waals surface area contributed by atoms with E-state index in [4.69, 9.17) is 0 Å². The van der Waals surface area contributed by atoms with E-state index in [-0.39, 0.29) is 60.1 Å². The molecule has 1 aliphatic carbocycles. The maximum Gasteiger partial charge on any atom is -1.00 e. The van der Waals surface area contributed by atoms with E-state index in [2.05, 4.69) is 92.7 Å². The molecule has 0 radical (unpaired) electrons. The molecule has 133 valence electrons. The van der Waals surface area contributed by atoms with Gasteiger partial charge >= 0.3 is 143 Å². The SMILES string of the molecule is CN(C)C[C](C)([Ti+3][CH]1C=Cc2ccccc21)c1ccccc1.[Cl-].[Cl-].[Cl-]. The van der Waals surface area contributed by atoms with Gasteiger partial charge in [0.25, 0.3) is 0 Å². The maximum atomic E-state index is 2.46. The zero-order valence-corrected chi connectivity index (χ0v) is 18.5. The molecular formula is C20H23Cl3NTi. The van der Waals surface area contributed by atoms with Gasteiger partial charge in [-0.1, -0.05) is 0 Å². The van der Waals surface area contributed by atoms with Crippen LogP contribution in [0, 0.1) is 0 Å². The average Bonchev–Trinajstić information content (AvgIpc) is 2.90. The van der Waals surface area contributed by atoms with Gasteiger partial charge in [-0.25, -0.2) is 0 Å². The monoisotopic (exact) mass is 430 g/mol. The van der Waals surface area contributed by atoms with Crippen molar-refractivity contribution in [2.45, 2.75) is 14.9 Å². The summed E-state index contributed by atoms with van der Waals surface area (Å²) in [5, 5.41) is 0. The fourth-order valence-electron chi connectivity index (χ4n) is 3.38. The van der Waals surface area contributed by atoms with E-state index in [1.54, 1.807) is 0 Å². The topological polar surface area (TPSA) is 3.24 Å². The summed E-state index contributed by atoms with van der Waals surface area (Å²) >= 11 is -0.221. The second-order valence-corrected chi connectivity index (χ2v) is 9.69. The predicted molar refractivity (Wildman–Crippen MR) is 90.6 cm³/mol. The largest absolute Gasteiger partial charge is 1.00 e. The minimum atomic E-state index is -0.221. The average molecular weight is 432 g/mol. The van der Waals surface area contributed by atoms with Crippen LogP contribution >= 0.6 is 0 Å². The van der Waals surface area contributed by atoms with E-state index >= 15 is 0 Å². The Labute approximate surface area is 179 Å². The summed E-state index contributed by atoms with van der Waals surface area (Å²) in [5.74, 6) is 0. The van der Waals surface area contributed by atoms with Crippen molar-refractivity contribution in [3.8, 4) is 0 Å². The van der Waals surface area contributed by atoms with Gasteiger partial charge in [0, 0.05) is 0 Å². The first kappa shape index (κ1) is 24.7. The summed E-state index contributed by atoms with van der Waals surface area (Å²) < 4.78 is 0.915. The Morgan fingerprint density at radius 1 is 0.920 bits per heavy atom. The van der Waals surface area contributed by atoms with Crippen LogP contribution in [0.4, 0.5) is 0 Å². The van der Waals surface area contributed by atoms with Gasteiger partial charge < -0.3 is 37.2 Å². The van der Waals surface area contributed by atoms with Crippen molar-refractivity contribution in [3.05, 3.63) is 77.4 Å². The van der Waals surface area contributed by atoms with Gasteiger partial charge in [-0.15, -0.1) is 0 Å². The number of nitrogens with zero attached hydrogens (tertiary/aromatic N) is 1. The smallest absolute Gasteiger partial charge is 1.00 e. The van der Waals surface area contributed by atoms with E-state index in [1.165, 1.54) is 16.7 Å². The molecule has 0 saturated carbocycles. The molecule has 1 nitrogen and oxygen atoms in total. The van der Waals surface area contributed by atoms with Crippen LogP contribution in [0.3, 0.4) is 0 Å². The molecule has 5 heteroatoms. The van der Waals surface area contributed by atoms with Crippen molar-refractivity contribution in [3.63, 3.8) is 0 Å². The third-order valence-electron chi connectivity index (χ3n) is 4.32. The van der Waals surface area contributed by atoms with Crippen LogP contribution in [-0.4, -0.2) is 25.5 Å². The second kappa shape index (κ2) is 10.8. The van der Waals surface area contributed by atoms with Crippen LogP contribution in [0.25, 0.3) is 6.08 Å². The number of likely N-dealkylation sites (N-methyl/N-ethyl adjacent to an activating group) is 1. The molecule has 2 atom stereocenters. The number of hydrogen-bond donors (Lipinski definition) is 0. The Balaban J connectivity index is 0.00000192. The summed E-state index contributed by atoms with van der Waals surface area (Å²) in [5.41, 5.74) is 4.43. The van der Waals surface area contributed by atoms with E-state index in [9.17, 15) is 0 Å². The molecule has 2 aromatic carbocycles. The van der Waals surface area contributed by atoms with Gasteiger partial charge in [0.15, 0.2) is 0 Å². The molecule has 0 aliphatic heterocycles. The van der Waals surface area contributed by atoms with Crippen LogP contribution < -0.4 is 37.2 Å². The molecular weight excluding hydrogens is 408 g/mol. The third-order valence-corrected chi connectivity index (χ3v) is 7.28. The molecule has 1 aliphatic rings. The maximum absolute atomic E-state index is 2.46. The first-order valence-corrected chi connectivity index (χ1v) is 9.52. The number of fused-ring (bicyclic) bond motifs is 1. The van der Waals surface area contributed by atoms with Crippen molar-refractivity contribution in [1.82, 2.24) is 4.90 Å². The van der Waals surface area contributed by atoms with Crippen LogP contribution in [0.15, 0.2) is 60.7 Å². The van der Waals surface area contributed by atoms with Crippen LogP contribution in [0.2, 0.25) is 0 Å². The van der Waals surface area contributed by atoms with Crippen molar-refractivity contribution in [2.75, 3.05) is 20.6 Å². The van der Waals surface area contributed by atoms with E-state index in [0.717, 1.165) is 6.54 Å². The van der Waals surface area contributed by atoms with Crippen LogP contribution in [-0.2, 0) is 22.9 Å². The summed E-state index contributed by atoms with van der Waals surface area (Å²) in [7, 11) is 4.37. The molecule has 25 heavy (non-hydrogen) atoms. The Bertz CT molecular complexity index is 676. The molecule has 2 aromatic rings. The fraction of sp³-hybridized carbons (Fsp3) is 0.300. The standard InChI is InChI=1S/C11H16N.C9H7.3ClH.Ti/c1-10(9-12(2)3)11-7-5-4-6-8-11;1-2-5-9-7-3-6-8(9)4-1;;;;/h4-8H,9H2,1-3H3;1-7H;3*1H;/q;;;;;+3/p-3. The predicted octanol–water partition coefficient (Wildman–Crippen LogP) is -4.67. The Morgan fingerprint density at radius 3 is 2.16 bits per heavy atom. The molecule has 0 spiro atoms. The van der Waals surface area contributed by atoms with Crippen molar-refractivity contribution in [1.29, 1.82) is 0 Å². The minimum absolute atomic E-state index is 0. The zero-order chi connectivity index (χ0) is 15.6. The minimum Gasteiger partial charge on any atom is -1.00 e. The van der Waals surface area contributed by atoms with E-state index in [0.29, 0.717) is 4.22 Å². The van der Waals surface area contributed by atoms with E-state index < -0.39 is 0 Å². The first-order valence-electron chi connectivity index (χ1n) is 7.83. The molecule has 0 heterocycles. The van der Waals surface area contributed by atoms with Gasteiger partial charge in [0.2, 0.25) is 0 Å². The van der Waals surface area contributed by atoms with Crippen LogP contribution in [0.1, 0.15) is 27.8 Å². The molecule has 3 rings (SSSR count). The van der Waals surface area contributed by atoms with Gasteiger partial charge in [-0.3, -0.25) is 0 Å². The summed E-state index contributed by atoms with van der Waals surface area (Å²) in [6.07, 6.45) is 4.74. The molecule has 0 bridgehead atoms. The molecule has 0 saturated heterocycles. The quantitative estimate of drug-likeness (QED) is 0.431. The summed E-state index contributed by atoms with van der Waals surface area (Å²) in [4.78, 5) is 2.33. The molecule has 0 N–H and O–H groups in total. The van der Waals surface area contributed by atoms with E-state index in [1.807, 2.05) is 0 Å². The zero-order valence-electron chi connectivity index (χ0n) is 14.7. The number of allylic oxidation sites excluding steroid dienone is 1. The Hall–Kier alpha value is -0.276.